The van der Waals surface area contributed by atoms with Crippen LogP contribution in [0.25, 0.3) is 22.4 Å². The predicted octanol–water partition coefficient (Wildman–Crippen LogP) is 3.25. The molecule has 0 aliphatic carbocycles. The quantitative estimate of drug-likeness (QED) is 0.715. The third-order valence-corrected chi connectivity index (χ3v) is 5.64. The van der Waals surface area contributed by atoms with Gasteiger partial charge in [0.05, 0.1) is 13.3 Å². The van der Waals surface area contributed by atoms with Gasteiger partial charge in [-0.1, -0.05) is 18.5 Å². The molecule has 1 saturated heterocycles. The van der Waals surface area contributed by atoms with Gasteiger partial charge in [-0.2, -0.15) is 5.10 Å². The van der Waals surface area contributed by atoms with E-state index >= 15 is 0 Å². The molecule has 3 N–H and O–H groups in total. The fraction of sp³-hybridized carbons (Fsp3) is 0.421. The molecule has 1 fully saturated rings. The van der Waals surface area contributed by atoms with Gasteiger partial charge in [0, 0.05) is 23.7 Å². The number of benzene rings is 1. The van der Waals surface area contributed by atoms with E-state index in [0.717, 1.165) is 43.9 Å². The molecule has 0 saturated carbocycles. The van der Waals surface area contributed by atoms with Crippen molar-refractivity contribution < 1.29 is 4.74 Å². The van der Waals surface area contributed by atoms with Crippen molar-refractivity contribution in [3.63, 3.8) is 0 Å². The number of halogens is 1. The molecule has 0 bridgehead atoms. The van der Waals surface area contributed by atoms with Crippen LogP contribution in [0, 0.1) is 5.41 Å². The number of anilines is 1. The van der Waals surface area contributed by atoms with E-state index < -0.39 is 0 Å². The maximum Gasteiger partial charge on any atom is 0.177 e. The van der Waals surface area contributed by atoms with Gasteiger partial charge in [0.2, 0.25) is 0 Å². The van der Waals surface area contributed by atoms with Crippen molar-refractivity contribution >= 4 is 28.6 Å². The van der Waals surface area contributed by atoms with Crippen LogP contribution in [-0.2, 0) is 0 Å². The monoisotopic (exact) mass is 386 g/mol. The lowest BCUT2D eigenvalue weighted by atomic mass is 9.80. The number of nitrogens with one attached hydrogen (secondary N) is 1. The Hall–Kier alpha value is -2.38. The Bertz CT molecular complexity index is 964. The number of hydrogen-bond donors (Lipinski definition) is 2. The van der Waals surface area contributed by atoms with E-state index in [9.17, 15) is 0 Å². The van der Waals surface area contributed by atoms with Crippen molar-refractivity contribution in [3.8, 4) is 17.0 Å². The van der Waals surface area contributed by atoms with E-state index in [-0.39, 0.29) is 5.41 Å². The number of H-pyrrole nitrogens is 1. The van der Waals surface area contributed by atoms with Crippen molar-refractivity contribution in [2.24, 2.45) is 11.1 Å². The van der Waals surface area contributed by atoms with Crippen LogP contribution >= 0.6 is 11.6 Å². The highest BCUT2D eigenvalue weighted by Gasteiger charge is 2.29. The third kappa shape index (κ3) is 3.44. The van der Waals surface area contributed by atoms with Gasteiger partial charge in [-0.25, -0.2) is 9.97 Å². The summed E-state index contributed by atoms with van der Waals surface area (Å²) in [5, 5.41) is 7.99. The molecular weight excluding hydrogens is 364 g/mol. The van der Waals surface area contributed by atoms with Gasteiger partial charge in [0.1, 0.15) is 22.8 Å². The summed E-state index contributed by atoms with van der Waals surface area (Å²) < 4.78 is 5.30. The fourth-order valence-corrected chi connectivity index (χ4v) is 3.67. The lowest BCUT2D eigenvalue weighted by Gasteiger charge is -2.39. The van der Waals surface area contributed by atoms with Gasteiger partial charge in [-0.3, -0.25) is 5.10 Å². The van der Waals surface area contributed by atoms with Crippen LogP contribution in [0.1, 0.15) is 19.8 Å². The summed E-state index contributed by atoms with van der Waals surface area (Å²) in [6, 6.07) is 5.48. The van der Waals surface area contributed by atoms with Crippen molar-refractivity contribution in [3.05, 3.63) is 29.4 Å². The average molecular weight is 387 g/mol. The summed E-state index contributed by atoms with van der Waals surface area (Å²) in [7, 11) is 1.61. The normalized spacial score (nSPS) is 16.7. The first kappa shape index (κ1) is 18.0. The molecule has 8 heteroatoms. The molecule has 0 spiro atoms. The first-order valence-corrected chi connectivity index (χ1v) is 9.40. The Morgan fingerprint density at radius 2 is 2.07 bits per heavy atom. The molecule has 27 heavy (non-hydrogen) atoms. The summed E-state index contributed by atoms with van der Waals surface area (Å²) in [6.45, 7) is 4.83. The lowest BCUT2D eigenvalue weighted by molar-refractivity contribution is 0.258. The second kappa shape index (κ2) is 6.98. The number of nitrogens with zero attached hydrogens (tertiary/aromatic N) is 4. The molecule has 7 nitrogen and oxygen atoms in total. The summed E-state index contributed by atoms with van der Waals surface area (Å²) >= 11 is 6.19. The van der Waals surface area contributed by atoms with Crippen LogP contribution in [0.4, 0.5) is 5.82 Å². The Morgan fingerprint density at radius 3 is 2.78 bits per heavy atom. The Balaban J connectivity index is 1.64. The second-order valence-corrected chi connectivity index (χ2v) is 7.82. The molecule has 3 aromatic rings. The zero-order chi connectivity index (χ0) is 19.0. The smallest absolute Gasteiger partial charge is 0.177 e. The molecule has 1 aliphatic heterocycles. The van der Waals surface area contributed by atoms with Crippen molar-refractivity contribution in [2.45, 2.75) is 19.8 Å². The van der Waals surface area contributed by atoms with E-state index in [1.165, 1.54) is 0 Å². The first-order chi connectivity index (χ1) is 13.0. The van der Waals surface area contributed by atoms with Crippen molar-refractivity contribution in [1.82, 2.24) is 20.2 Å². The maximum atomic E-state index is 6.19. The third-order valence-electron chi connectivity index (χ3n) is 5.43. The number of methoxy groups -OCH3 is 1. The number of fused-ring (bicyclic) bond motifs is 1. The van der Waals surface area contributed by atoms with Crippen LogP contribution in [-0.4, -0.2) is 46.9 Å². The largest absolute Gasteiger partial charge is 0.497 e. The number of hydrogen-bond acceptors (Lipinski definition) is 6. The van der Waals surface area contributed by atoms with Gasteiger partial charge in [0.15, 0.2) is 5.65 Å². The molecule has 142 valence electrons. The molecule has 3 heterocycles. The minimum atomic E-state index is 0.223. The maximum absolute atomic E-state index is 6.19. The van der Waals surface area contributed by atoms with E-state index in [2.05, 4.69) is 27.0 Å². The van der Waals surface area contributed by atoms with Gasteiger partial charge in [-0.05, 0) is 43.0 Å². The minimum Gasteiger partial charge on any atom is -0.497 e. The lowest BCUT2D eigenvalue weighted by Crippen LogP contribution is -2.42. The molecule has 0 unspecified atom stereocenters. The Morgan fingerprint density at radius 1 is 1.30 bits per heavy atom. The number of piperidine rings is 1. The first-order valence-electron chi connectivity index (χ1n) is 9.02. The zero-order valence-electron chi connectivity index (χ0n) is 15.5. The number of aromatic nitrogens is 4. The van der Waals surface area contributed by atoms with E-state index in [0.29, 0.717) is 27.6 Å². The number of rotatable bonds is 4. The zero-order valence-corrected chi connectivity index (χ0v) is 16.3. The van der Waals surface area contributed by atoms with Gasteiger partial charge in [0.25, 0.3) is 0 Å². The predicted molar refractivity (Wildman–Crippen MR) is 107 cm³/mol. The highest BCUT2D eigenvalue weighted by atomic mass is 35.5. The highest BCUT2D eigenvalue weighted by molar-refractivity contribution is 6.31. The molecule has 0 radical (unpaired) electrons. The van der Waals surface area contributed by atoms with Crippen molar-refractivity contribution in [1.29, 1.82) is 0 Å². The fourth-order valence-electron chi connectivity index (χ4n) is 3.44. The molecule has 2 aromatic heterocycles. The molecular formula is C19H23ClN6O. The highest BCUT2D eigenvalue weighted by Crippen LogP contribution is 2.33. The summed E-state index contributed by atoms with van der Waals surface area (Å²) in [5.41, 5.74) is 9.05. The topological polar surface area (TPSA) is 93.0 Å². The molecule has 0 amide bonds. The molecule has 0 atom stereocenters. The Kier molecular flexibility index (Phi) is 4.65. The SMILES string of the molecule is COc1cc(Cl)cc(-c2n[nH]c3nc(N4CCC(C)(CN)CC4)cnc23)c1. The van der Waals surface area contributed by atoms with Crippen LogP contribution in [0.3, 0.4) is 0 Å². The summed E-state index contributed by atoms with van der Waals surface area (Å²) in [6.07, 6.45) is 3.92. The number of ether oxygens (including phenoxy) is 1. The van der Waals surface area contributed by atoms with Gasteiger partial charge >= 0.3 is 0 Å². The van der Waals surface area contributed by atoms with Crippen molar-refractivity contribution in [2.75, 3.05) is 31.6 Å². The van der Waals surface area contributed by atoms with E-state index in [1.807, 2.05) is 18.3 Å². The molecule has 1 aromatic carbocycles. The number of aromatic amines is 1. The van der Waals surface area contributed by atoms with Crippen LogP contribution in [0.5, 0.6) is 5.75 Å². The molecule has 4 rings (SSSR count). The van der Waals surface area contributed by atoms with Crippen LogP contribution in [0.15, 0.2) is 24.4 Å². The molecule has 1 aliphatic rings. The number of nitrogens with two attached hydrogens (primary N) is 1. The second-order valence-electron chi connectivity index (χ2n) is 7.38. The summed E-state index contributed by atoms with van der Waals surface area (Å²) in [5.74, 6) is 1.54. The standard InChI is InChI=1S/C19H23ClN6O/c1-19(11-21)3-5-26(6-4-19)15-10-22-17-16(24-25-18(17)23-15)12-7-13(20)9-14(8-12)27-2/h7-10H,3-6,11,21H2,1-2H3,(H,23,24,25). The summed E-state index contributed by atoms with van der Waals surface area (Å²) in [4.78, 5) is 11.6. The van der Waals surface area contributed by atoms with Crippen LogP contribution in [0.2, 0.25) is 5.02 Å². The Labute approximate surface area is 162 Å². The minimum absolute atomic E-state index is 0.223. The van der Waals surface area contributed by atoms with E-state index in [1.54, 1.807) is 13.2 Å². The average Bonchev–Trinajstić information content (AvgIpc) is 3.11. The van der Waals surface area contributed by atoms with Gasteiger partial charge in [-0.15, -0.1) is 0 Å². The van der Waals surface area contributed by atoms with E-state index in [4.69, 9.17) is 27.1 Å². The van der Waals surface area contributed by atoms with Gasteiger partial charge < -0.3 is 15.4 Å². The van der Waals surface area contributed by atoms with Crippen LogP contribution < -0.4 is 15.4 Å².